The first-order valence-corrected chi connectivity index (χ1v) is 12.3. The van der Waals surface area contributed by atoms with Gasteiger partial charge in [0.2, 0.25) is 0 Å². The standard InChI is InChI=1S/C25H23BrCl3NO2/c26-20-3-1-2-17(12-20)16-32-25(19-5-7-21(27)8-6-19)10-11-30-14-24(25)31-15-18-4-9-22(28)23(29)13-18/h1-9,12-13,24,30H,10-11,14-16H2/t24-,25+/m0/s1. The zero-order valence-electron chi connectivity index (χ0n) is 17.3. The topological polar surface area (TPSA) is 30.5 Å². The Bertz CT molecular complexity index is 1060. The maximum Gasteiger partial charge on any atom is 0.122 e. The van der Waals surface area contributed by atoms with Crippen LogP contribution in [0.5, 0.6) is 0 Å². The van der Waals surface area contributed by atoms with E-state index in [1.54, 1.807) is 6.07 Å². The van der Waals surface area contributed by atoms with Crippen LogP contribution in [0.4, 0.5) is 0 Å². The van der Waals surface area contributed by atoms with Crippen LogP contribution in [0.1, 0.15) is 23.1 Å². The van der Waals surface area contributed by atoms with E-state index in [1.165, 1.54) is 0 Å². The molecule has 0 aliphatic carbocycles. The highest BCUT2D eigenvalue weighted by Crippen LogP contribution is 2.39. The molecule has 1 aliphatic heterocycles. The number of hydrogen-bond donors (Lipinski definition) is 1. The van der Waals surface area contributed by atoms with Gasteiger partial charge in [-0.1, -0.05) is 81.1 Å². The molecule has 1 heterocycles. The SMILES string of the molecule is Clc1ccc([C@]2(OCc3cccc(Br)c3)CCNC[C@@H]2OCc2ccc(Cl)c(Cl)c2)cc1. The van der Waals surface area contributed by atoms with Crippen molar-refractivity contribution in [2.45, 2.75) is 31.3 Å². The minimum atomic E-state index is -0.617. The van der Waals surface area contributed by atoms with Gasteiger partial charge in [0.1, 0.15) is 11.7 Å². The lowest BCUT2D eigenvalue weighted by molar-refractivity contribution is -0.176. The zero-order chi connectivity index (χ0) is 22.6. The highest BCUT2D eigenvalue weighted by atomic mass is 79.9. The van der Waals surface area contributed by atoms with Crippen LogP contribution in [0, 0.1) is 0 Å². The Kier molecular flexibility index (Phi) is 8.17. The Balaban J connectivity index is 1.61. The molecule has 0 bridgehead atoms. The van der Waals surface area contributed by atoms with E-state index in [0.717, 1.165) is 34.1 Å². The molecule has 0 amide bonds. The Labute approximate surface area is 212 Å². The number of benzene rings is 3. The molecule has 168 valence electrons. The average Bonchev–Trinajstić information content (AvgIpc) is 2.79. The molecule has 7 heteroatoms. The maximum atomic E-state index is 6.71. The molecule has 32 heavy (non-hydrogen) atoms. The van der Waals surface area contributed by atoms with Crippen molar-refractivity contribution in [2.75, 3.05) is 13.1 Å². The summed E-state index contributed by atoms with van der Waals surface area (Å²) in [6, 6.07) is 21.6. The lowest BCUT2D eigenvalue weighted by atomic mass is 9.82. The fourth-order valence-corrected chi connectivity index (χ4v) is 4.90. The van der Waals surface area contributed by atoms with Crippen molar-refractivity contribution in [1.82, 2.24) is 5.32 Å². The zero-order valence-corrected chi connectivity index (χ0v) is 21.1. The molecule has 0 radical (unpaired) electrons. The van der Waals surface area contributed by atoms with Crippen LogP contribution in [0.3, 0.4) is 0 Å². The molecule has 0 saturated carbocycles. The number of halogens is 4. The van der Waals surface area contributed by atoms with Gasteiger partial charge < -0.3 is 14.8 Å². The van der Waals surface area contributed by atoms with Gasteiger partial charge >= 0.3 is 0 Å². The van der Waals surface area contributed by atoms with E-state index in [4.69, 9.17) is 44.3 Å². The van der Waals surface area contributed by atoms with E-state index in [9.17, 15) is 0 Å². The molecule has 4 rings (SSSR count). The Morgan fingerprint density at radius 2 is 1.69 bits per heavy atom. The molecule has 3 aromatic rings. The predicted molar refractivity (Wildman–Crippen MR) is 135 cm³/mol. The normalized spacial score (nSPS) is 20.9. The molecule has 0 spiro atoms. The van der Waals surface area contributed by atoms with E-state index in [1.807, 2.05) is 48.5 Å². The van der Waals surface area contributed by atoms with Crippen LogP contribution >= 0.6 is 50.7 Å². The van der Waals surface area contributed by atoms with Crippen LogP contribution in [0.15, 0.2) is 71.2 Å². The third kappa shape index (κ3) is 5.68. The first kappa shape index (κ1) is 24.0. The highest BCUT2D eigenvalue weighted by molar-refractivity contribution is 9.10. The van der Waals surface area contributed by atoms with E-state index in [0.29, 0.717) is 34.8 Å². The molecule has 1 saturated heterocycles. The van der Waals surface area contributed by atoms with E-state index >= 15 is 0 Å². The van der Waals surface area contributed by atoms with Crippen LogP contribution in [-0.2, 0) is 28.3 Å². The molecule has 1 fully saturated rings. The summed E-state index contributed by atoms with van der Waals surface area (Å²) < 4.78 is 14.2. The lowest BCUT2D eigenvalue weighted by Gasteiger charge is -2.44. The molecule has 2 atom stereocenters. The predicted octanol–water partition coefficient (Wildman–Crippen LogP) is 7.40. The number of nitrogens with one attached hydrogen (secondary N) is 1. The molecular formula is C25H23BrCl3NO2. The van der Waals surface area contributed by atoms with Crippen molar-refractivity contribution in [2.24, 2.45) is 0 Å². The molecule has 1 N–H and O–H groups in total. The smallest absolute Gasteiger partial charge is 0.122 e. The minimum absolute atomic E-state index is 0.209. The monoisotopic (exact) mass is 553 g/mol. The van der Waals surface area contributed by atoms with Gasteiger partial charge in [0, 0.05) is 16.0 Å². The summed E-state index contributed by atoms with van der Waals surface area (Å²) in [6.45, 7) is 2.36. The second-order valence-electron chi connectivity index (χ2n) is 7.82. The van der Waals surface area contributed by atoms with Gasteiger partial charge in [0.25, 0.3) is 0 Å². The summed E-state index contributed by atoms with van der Waals surface area (Å²) in [4.78, 5) is 0. The summed E-state index contributed by atoms with van der Waals surface area (Å²) in [5.74, 6) is 0. The number of rotatable bonds is 7. The van der Waals surface area contributed by atoms with Crippen LogP contribution < -0.4 is 5.32 Å². The van der Waals surface area contributed by atoms with Gasteiger partial charge in [-0.15, -0.1) is 0 Å². The number of ether oxygens (including phenoxy) is 2. The molecule has 1 aliphatic rings. The molecule has 0 aromatic heterocycles. The third-order valence-corrected chi connectivity index (χ3v) is 7.16. The summed E-state index contributed by atoms with van der Waals surface area (Å²) in [5, 5.41) is 5.19. The van der Waals surface area contributed by atoms with Gasteiger partial charge in [-0.2, -0.15) is 0 Å². The first-order chi connectivity index (χ1) is 15.5. The van der Waals surface area contributed by atoms with Gasteiger partial charge in [-0.25, -0.2) is 0 Å². The number of hydrogen-bond acceptors (Lipinski definition) is 3. The van der Waals surface area contributed by atoms with Crippen molar-refractivity contribution in [3.8, 4) is 0 Å². The van der Waals surface area contributed by atoms with Crippen molar-refractivity contribution >= 4 is 50.7 Å². The van der Waals surface area contributed by atoms with Gasteiger partial charge in [0.05, 0.1) is 23.3 Å². The van der Waals surface area contributed by atoms with Crippen molar-refractivity contribution in [3.05, 3.63) is 103 Å². The largest absolute Gasteiger partial charge is 0.369 e. The summed E-state index contributed by atoms with van der Waals surface area (Å²) in [7, 11) is 0. The van der Waals surface area contributed by atoms with E-state index < -0.39 is 5.60 Å². The number of piperidine rings is 1. The molecule has 3 aromatic carbocycles. The fraction of sp³-hybridized carbons (Fsp3) is 0.280. The maximum absolute atomic E-state index is 6.71. The Morgan fingerprint density at radius 1 is 0.906 bits per heavy atom. The minimum Gasteiger partial charge on any atom is -0.369 e. The van der Waals surface area contributed by atoms with E-state index in [-0.39, 0.29) is 6.10 Å². The fourth-order valence-electron chi connectivity index (χ4n) is 4.00. The highest BCUT2D eigenvalue weighted by Gasteiger charge is 2.44. The molecule has 3 nitrogen and oxygen atoms in total. The Morgan fingerprint density at radius 3 is 2.44 bits per heavy atom. The summed E-state index contributed by atoms with van der Waals surface area (Å²) in [5.41, 5.74) is 2.49. The molecular weight excluding hydrogens is 533 g/mol. The molecule has 0 unspecified atom stereocenters. The van der Waals surface area contributed by atoms with Crippen LogP contribution in [0.2, 0.25) is 15.1 Å². The van der Waals surface area contributed by atoms with Crippen molar-refractivity contribution in [3.63, 3.8) is 0 Å². The van der Waals surface area contributed by atoms with Gasteiger partial charge in [-0.3, -0.25) is 0 Å². The van der Waals surface area contributed by atoms with Crippen molar-refractivity contribution < 1.29 is 9.47 Å². The van der Waals surface area contributed by atoms with Crippen LogP contribution in [-0.4, -0.2) is 19.2 Å². The second-order valence-corrected chi connectivity index (χ2v) is 9.98. The summed E-state index contributed by atoms with van der Waals surface area (Å²) in [6.07, 6.45) is 0.563. The Hall–Kier alpha value is -1.11. The van der Waals surface area contributed by atoms with Crippen molar-refractivity contribution in [1.29, 1.82) is 0 Å². The lowest BCUT2D eigenvalue weighted by Crippen LogP contribution is -2.54. The van der Waals surface area contributed by atoms with Gasteiger partial charge in [-0.05, 0) is 66.1 Å². The quantitative estimate of drug-likeness (QED) is 0.330. The van der Waals surface area contributed by atoms with E-state index in [2.05, 4.69) is 33.4 Å². The average molecular weight is 556 g/mol. The van der Waals surface area contributed by atoms with Gasteiger partial charge in [0.15, 0.2) is 0 Å². The second kappa shape index (κ2) is 10.9. The third-order valence-electron chi connectivity index (χ3n) is 5.68. The first-order valence-electron chi connectivity index (χ1n) is 10.4. The summed E-state index contributed by atoms with van der Waals surface area (Å²) >= 11 is 22.0. The van der Waals surface area contributed by atoms with Crippen LogP contribution in [0.25, 0.3) is 0 Å².